The van der Waals surface area contributed by atoms with Gasteiger partial charge in [-0.25, -0.2) is 19.6 Å². The summed E-state index contributed by atoms with van der Waals surface area (Å²) in [5.74, 6) is -1.32. The first kappa shape index (κ1) is 36.3. The molecule has 0 spiro atoms. The van der Waals surface area contributed by atoms with Crippen LogP contribution in [0.3, 0.4) is 0 Å². The van der Waals surface area contributed by atoms with E-state index in [0.29, 0.717) is 33.2 Å². The molecule has 0 aliphatic carbocycles. The van der Waals surface area contributed by atoms with Crippen molar-refractivity contribution in [1.82, 2.24) is 19.9 Å². The zero-order chi connectivity index (χ0) is 40.7. The highest BCUT2D eigenvalue weighted by Gasteiger charge is 2.25. The second-order valence-corrected chi connectivity index (χ2v) is 14.5. The fourth-order valence-corrected chi connectivity index (χ4v) is 8.34. The summed E-state index contributed by atoms with van der Waals surface area (Å²) in [6.45, 7) is 0. The Morgan fingerprint density at radius 3 is 1.07 bits per heavy atom. The van der Waals surface area contributed by atoms with Crippen LogP contribution in [0.4, 0.5) is 0 Å². The van der Waals surface area contributed by atoms with Gasteiger partial charge in [-0.15, -0.1) is 0 Å². The van der Waals surface area contributed by atoms with Gasteiger partial charge in [0.1, 0.15) is 0 Å². The Kier molecular flexibility index (Phi) is 9.07. The third kappa shape index (κ3) is 6.18. The fraction of sp³-hybridized carbons (Fsp3) is 0.0385. The van der Waals surface area contributed by atoms with E-state index < -0.39 is 11.9 Å². The maximum absolute atomic E-state index is 13.5. The largest absolute Gasteiger partial charge is 0.465 e. The molecule has 0 amide bonds. The molecule has 0 fully saturated rings. The van der Waals surface area contributed by atoms with E-state index in [2.05, 4.69) is 58.5 Å². The van der Waals surface area contributed by atoms with E-state index in [-0.39, 0.29) is 11.1 Å². The number of nitrogens with one attached hydrogen (secondary N) is 2. The number of hydrogen-bond donors (Lipinski definition) is 2. The van der Waals surface area contributed by atoms with Crippen LogP contribution in [0.25, 0.3) is 102 Å². The monoisotopic (exact) mass is 780 g/mol. The lowest BCUT2D eigenvalue weighted by Crippen LogP contribution is -2.11. The number of fused-ring (bicyclic) bond motifs is 11. The zero-order valence-corrected chi connectivity index (χ0v) is 32.7. The van der Waals surface area contributed by atoms with Crippen LogP contribution in [0, 0.1) is 0 Å². The van der Waals surface area contributed by atoms with Crippen LogP contribution in [-0.4, -0.2) is 46.1 Å². The topological polar surface area (TPSA) is 110 Å². The van der Waals surface area contributed by atoms with Gasteiger partial charge in [0.25, 0.3) is 0 Å². The summed E-state index contributed by atoms with van der Waals surface area (Å²) in [5.41, 5.74) is 13.6. The lowest BCUT2D eigenvalue weighted by Gasteiger charge is -2.09. The number of methoxy groups -OCH3 is 2. The van der Waals surface area contributed by atoms with Crippen LogP contribution in [-0.2, 0) is 9.47 Å². The molecular formula is C52H36N4O4. The van der Waals surface area contributed by atoms with Crippen molar-refractivity contribution in [2.24, 2.45) is 0 Å². The summed E-state index contributed by atoms with van der Waals surface area (Å²) < 4.78 is 10.5. The number of hydrogen-bond acceptors (Lipinski definition) is 6. The van der Waals surface area contributed by atoms with Crippen molar-refractivity contribution in [1.29, 1.82) is 0 Å². The molecule has 8 bridgehead atoms. The van der Waals surface area contributed by atoms with Crippen molar-refractivity contribution in [3.63, 3.8) is 0 Å². The Hall–Kier alpha value is -8.10. The summed E-state index contributed by atoms with van der Waals surface area (Å²) >= 11 is 0. The van der Waals surface area contributed by atoms with Crippen LogP contribution in [0.15, 0.2) is 146 Å². The smallest absolute Gasteiger partial charge is 0.338 e. The van der Waals surface area contributed by atoms with Gasteiger partial charge in [-0.3, -0.25) is 0 Å². The van der Waals surface area contributed by atoms with Gasteiger partial charge in [0.15, 0.2) is 0 Å². The van der Waals surface area contributed by atoms with Gasteiger partial charge in [-0.1, -0.05) is 121 Å². The fourth-order valence-electron chi connectivity index (χ4n) is 8.34. The Morgan fingerprint density at radius 2 is 0.733 bits per heavy atom. The summed E-state index contributed by atoms with van der Waals surface area (Å²) in [5, 5.41) is 1.37. The number of H-pyrrole nitrogens is 2. The van der Waals surface area contributed by atoms with E-state index in [9.17, 15) is 9.59 Å². The standard InChI is InChI=1S/C52H36N4O4/c1-59-51(57)37-29-35-36(30-38(37)52(58)60-2)50-48(34-21-13-6-14-22-34)44-28-26-42(55-44)46(32-17-9-4-10-18-32)40-24-23-39(53-40)45(31-15-7-3-8-16-31)41-25-27-43(54-41)47(49(35)56-50)33-19-11-5-12-20-33/h3-30,53,56H,1-2H3. The Labute approximate surface area is 345 Å². The third-order valence-corrected chi connectivity index (χ3v) is 11.0. The molecular weight excluding hydrogens is 745 g/mol. The minimum absolute atomic E-state index is 0.0807. The predicted octanol–water partition coefficient (Wildman–Crippen LogP) is 12.0. The van der Waals surface area contributed by atoms with Crippen LogP contribution in [0.5, 0.6) is 0 Å². The number of esters is 2. The van der Waals surface area contributed by atoms with Gasteiger partial charge in [-0.05, 0) is 70.8 Å². The van der Waals surface area contributed by atoms with Crippen LogP contribution >= 0.6 is 0 Å². The molecule has 2 aliphatic rings. The van der Waals surface area contributed by atoms with Gasteiger partial charge < -0.3 is 19.4 Å². The van der Waals surface area contributed by atoms with Crippen molar-refractivity contribution in [3.05, 3.63) is 179 Å². The second-order valence-electron chi connectivity index (χ2n) is 14.5. The number of nitrogens with zero attached hydrogens (tertiary/aromatic N) is 2. The van der Waals surface area contributed by atoms with E-state index in [1.54, 1.807) is 12.1 Å². The molecule has 5 heterocycles. The molecule has 0 saturated carbocycles. The van der Waals surface area contributed by atoms with Gasteiger partial charge in [0.05, 0.1) is 59.2 Å². The molecule has 10 rings (SSSR count). The lowest BCUT2D eigenvalue weighted by atomic mass is 9.96. The van der Waals surface area contributed by atoms with Gasteiger partial charge in [0, 0.05) is 44.1 Å². The molecule has 3 aromatic heterocycles. The molecule has 5 aromatic carbocycles. The van der Waals surface area contributed by atoms with Gasteiger partial charge in [0.2, 0.25) is 0 Å². The van der Waals surface area contributed by atoms with Crippen molar-refractivity contribution < 1.29 is 19.1 Å². The first-order valence-electron chi connectivity index (χ1n) is 19.6. The molecule has 288 valence electrons. The van der Waals surface area contributed by atoms with Crippen LogP contribution in [0.2, 0.25) is 0 Å². The highest BCUT2D eigenvalue weighted by atomic mass is 16.5. The number of benzene rings is 5. The van der Waals surface area contributed by atoms with Crippen LogP contribution in [0.1, 0.15) is 43.5 Å². The number of rotatable bonds is 6. The summed E-state index contributed by atoms with van der Waals surface area (Å²) in [6.07, 6.45) is 8.17. The van der Waals surface area contributed by atoms with Crippen LogP contribution < -0.4 is 0 Å². The number of aromatic amines is 2. The number of carbonyl (C=O) groups excluding carboxylic acids is 2. The van der Waals surface area contributed by atoms with Crippen molar-refractivity contribution in [2.75, 3.05) is 14.2 Å². The lowest BCUT2D eigenvalue weighted by molar-refractivity contribution is 0.0555. The number of ether oxygens (including phenoxy) is 2. The molecule has 0 saturated heterocycles. The Bertz CT molecular complexity index is 3030. The molecule has 2 aliphatic heterocycles. The predicted molar refractivity (Wildman–Crippen MR) is 241 cm³/mol. The Morgan fingerprint density at radius 1 is 0.417 bits per heavy atom. The highest BCUT2D eigenvalue weighted by Crippen LogP contribution is 2.42. The van der Waals surface area contributed by atoms with Gasteiger partial charge >= 0.3 is 11.9 Å². The zero-order valence-electron chi connectivity index (χ0n) is 32.7. The molecule has 0 unspecified atom stereocenters. The second kappa shape index (κ2) is 15.0. The summed E-state index contributed by atoms with van der Waals surface area (Å²) in [4.78, 5) is 45.5. The summed E-state index contributed by atoms with van der Waals surface area (Å²) in [7, 11) is 2.60. The Balaban J connectivity index is 1.50. The number of carbonyl (C=O) groups is 2. The minimum atomic E-state index is -0.662. The first-order valence-corrected chi connectivity index (χ1v) is 19.6. The minimum Gasteiger partial charge on any atom is -0.465 e. The van der Waals surface area contributed by atoms with Gasteiger partial charge in [-0.2, -0.15) is 0 Å². The molecule has 0 radical (unpaired) electrons. The number of aromatic nitrogens is 4. The molecule has 0 atom stereocenters. The van der Waals surface area contributed by atoms with Crippen molar-refractivity contribution in [2.45, 2.75) is 0 Å². The van der Waals surface area contributed by atoms with E-state index >= 15 is 0 Å². The molecule has 8 heteroatoms. The third-order valence-electron chi connectivity index (χ3n) is 11.0. The van der Waals surface area contributed by atoms with E-state index in [1.807, 2.05) is 109 Å². The SMILES string of the molecule is COC(=O)c1cc2c3[nH]c(c(-c4ccccc4)c4nc(c(-c5ccccc5)c5ccc([nH]5)c(-c5ccccc5)c5nc(c3-c3ccccc3)C=C5)C=C4)c2cc1C(=O)OC. The van der Waals surface area contributed by atoms with E-state index in [4.69, 9.17) is 19.4 Å². The van der Waals surface area contributed by atoms with E-state index in [1.165, 1.54) is 14.2 Å². The normalized spacial score (nSPS) is 11.8. The highest BCUT2D eigenvalue weighted by molar-refractivity contribution is 6.20. The summed E-state index contributed by atoms with van der Waals surface area (Å²) in [6, 6.07) is 48.3. The van der Waals surface area contributed by atoms with E-state index in [0.717, 1.165) is 66.9 Å². The quantitative estimate of drug-likeness (QED) is 0.163. The maximum atomic E-state index is 13.5. The average Bonchev–Trinajstić information content (AvgIpc) is 4.14. The molecule has 60 heavy (non-hydrogen) atoms. The molecule has 2 N–H and O–H groups in total. The van der Waals surface area contributed by atoms with Crippen molar-refractivity contribution >= 4 is 69.1 Å². The first-order chi connectivity index (χ1) is 29.5. The average molecular weight is 781 g/mol. The van der Waals surface area contributed by atoms with Crippen molar-refractivity contribution in [3.8, 4) is 44.5 Å². The molecule has 8 nitrogen and oxygen atoms in total. The maximum Gasteiger partial charge on any atom is 0.338 e. The molecule has 8 aromatic rings.